The average molecular weight is 265 g/mol. The van der Waals surface area contributed by atoms with Crippen LogP contribution < -0.4 is 0 Å². The summed E-state index contributed by atoms with van der Waals surface area (Å²) in [4.78, 5) is 0.0198. The Kier molecular flexibility index (Phi) is 2.41. The number of hydrogen-bond acceptors (Lipinski definition) is 3. The summed E-state index contributed by atoms with van der Waals surface area (Å²) in [7, 11) is 3.17. The Labute approximate surface area is 95.8 Å². The summed E-state index contributed by atoms with van der Waals surface area (Å²) in [6, 6.07) is 4.38. The number of aryl methyl sites for hydroxylation is 1. The van der Waals surface area contributed by atoms with Gasteiger partial charge in [0, 0.05) is 23.1 Å². The summed E-state index contributed by atoms with van der Waals surface area (Å²) in [5.41, 5.74) is 0.504. The second kappa shape index (κ2) is 3.37. The predicted octanol–water partition coefficient (Wildman–Crippen LogP) is 2.15. The highest BCUT2D eigenvalue weighted by atomic mass is 35.7. The number of nitrogens with zero attached hydrogens (tertiary/aromatic N) is 2. The Balaban J connectivity index is 2.78. The molecule has 2 rings (SSSR count). The predicted molar refractivity (Wildman–Crippen MR) is 58.8 cm³/mol. The lowest BCUT2D eigenvalue weighted by molar-refractivity contribution is 0.609. The maximum Gasteiger partial charge on any atom is 0.261 e. The fraction of sp³-hybridized carbons (Fsp3) is 0.125. The van der Waals surface area contributed by atoms with Crippen LogP contribution in [0.25, 0.3) is 10.9 Å². The number of halogens is 2. The molecule has 1 aromatic heterocycles. The van der Waals surface area contributed by atoms with Gasteiger partial charge in [0.1, 0.15) is 5.15 Å². The van der Waals surface area contributed by atoms with Crippen molar-refractivity contribution in [3.63, 3.8) is 0 Å². The molecule has 15 heavy (non-hydrogen) atoms. The molecule has 1 heterocycles. The van der Waals surface area contributed by atoms with Crippen LogP contribution in [-0.4, -0.2) is 18.2 Å². The lowest BCUT2D eigenvalue weighted by atomic mass is 10.3. The van der Waals surface area contributed by atoms with Crippen molar-refractivity contribution in [2.75, 3.05) is 0 Å². The second-order valence-electron chi connectivity index (χ2n) is 3.03. The van der Waals surface area contributed by atoms with Gasteiger partial charge in [0.05, 0.1) is 10.4 Å². The van der Waals surface area contributed by atoms with E-state index >= 15 is 0 Å². The van der Waals surface area contributed by atoms with Gasteiger partial charge in [-0.05, 0) is 18.2 Å². The highest BCUT2D eigenvalue weighted by Gasteiger charge is 2.13. The third kappa shape index (κ3) is 1.82. The van der Waals surface area contributed by atoms with E-state index in [9.17, 15) is 8.42 Å². The maximum absolute atomic E-state index is 11.1. The van der Waals surface area contributed by atoms with Crippen LogP contribution in [0.2, 0.25) is 5.15 Å². The van der Waals surface area contributed by atoms with Crippen molar-refractivity contribution in [1.29, 1.82) is 0 Å². The topological polar surface area (TPSA) is 52.0 Å². The van der Waals surface area contributed by atoms with Crippen molar-refractivity contribution >= 4 is 42.2 Å². The SMILES string of the molecule is Cn1nc2cc(S(=O)(=O)Cl)ccc2c1Cl. The summed E-state index contributed by atoms with van der Waals surface area (Å²) in [5.74, 6) is 0. The molecule has 0 aliphatic rings. The van der Waals surface area contributed by atoms with Gasteiger partial charge in [0.15, 0.2) is 0 Å². The molecular weight excluding hydrogens is 259 g/mol. The fourth-order valence-electron chi connectivity index (χ4n) is 1.30. The van der Waals surface area contributed by atoms with Crippen LogP contribution in [0.4, 0.5) is 0 Å². The molecule has 0 saturated carbocycles. The molecule has 1 aromatic carbocycles. The zero-order chi connectivity index (χ0) is 11.2. The van der Waals surface area contributed by atoms with Gasteiger partial charge >= 0.3 is 0 Å². The van der Waals surface area contributed by atoms with E-state index in [2.05, 4.69) is 5.10 Å². The van der Waals surface area contributed by atoms with Crippen LogP contribution in [0.15, 0.2) is 23.1 Å². The first-order valence-corrected chi connectivity index (χ1v) is 6.65. The van der Waals surface area contributed by atoms with Crippen LogP contribution in [0.3, 0.4) is 0 Å². The molecule has 2 aromatic rings. The average Bonchev–Trinajstić information content (AvgIpc) is 2.41. The first kappa shape index (κ1) is 10.7. The molecule has 0 atom stereocenters. The van der Waals surface area contributed by atoms with Crippen molar-refractivity contribution in [1.82, 2.24) is 9.78 Å². The zero-order valence-corrected chi connectivity index (χ0v) is 9.94. The van der Waals surface area contributed by atoms with E-state index in [1.54, 1.807) is 13.1 Å². The van der Waals surface area contributed by atoms with Gasteiger partial charge in [-0.2, -0.15) is 5.10 Å². The molecule has 0 saturated heterocycles. The van der Waals surface area contributed by atoms with E-state index < -0.39 is 9.05 Å². The summed E-state index contributed by atoms with van der Waals surface area (Å²) in [6.45, 7) is 0. The van der Waals surface area contributed by atoms with E-state index in [4.69, 9.17) is 22.3 Å². The molecule has 80 valence electrons. The third-order valence-corrected chi connectivity index (χ3v) is 3.81. The van der Waals surface area contributed by atoms with Gasteiger partial charge in [-0.25, -0.2) is 8.42 Å². The van der Waals surface area contributed by atoms with E-state index in [1.165, 1.54) is 16.8 Å². The van der Waals surface area contributed by atoms with E-state index in [0.717, 1.165) is 0 Å². The van der Waals surface area contributed by atoms with Crippen LogP contribution in [0.5, 0.6) is 0 Å². The molecule has 7 heteroatoms. The Morgan fingerprint density at radius 2 is 2.07 bits per heavy atom. The minimum Gasteiger partial charge on any atom is -0.256 e. The zero-order valence-electron chi connectivity index (χ0n) is 7.61. The van der Waals surface area contributed by atoms with Crippen LogP contribution in [-0.2, 0) is 16.1 Å². The summed E-state index contributed by atoms with van der Waals surface area (Å²) in [6.07, 6.45) is 0. The van der Waals surface area contributed by atoms with Crippen molar-refractivity contribution in [3.8, 4) is 0 Å². The highest BCUT2D eigenvalue weighted by Crippen LogP contribution is 2.26. The van der Waals surface area contributed by atoms with E-state index in [0.29, 0.717) is 16.1 Å². The monoisotopic (exact) mass is 264 g/mol. The lowest BCUT2D eigenvalue weighted by Gasteiger charge is -1.94. The largest absolute Gasteiger partial charge is 0.261 e. The number of hydrogen-bond donors (Lipinski definition) is 0. The van der Waals surface area contributed by atoms with Gasteiger partial charge in [0.2, 0.25) is 0 Å². The molecule has 0 aliphatic carbocycles. The Morgan fingerprint density at radius 3 is 2.67 bits per heavy atom. The first-order valence-electron chi connectivity index (χ1n) is 3.96. The van der Waals surface area contributed by atoms with E-state index in [-0.39, 0.29) is 4.90 Å². The van der Waals surface area contributed by atoms with Crippen molar-refractivity contribution in [3.05, 3.63) is 23.4 Å². The normalized spacial score (nSPS) is 12.2. The van der Waals surface area contributed by atoms with Crippen LogP contribution >= 0.6 is 22.3 Å². The third-order valence-electron chi connectivity index (χ3n) is 2.01. The summed E-state index contributed by atoms with van der Waals surface area (Å²) >= 11 is 5.93. The van der Waals surface area contributed by atoms with Gasteiger partial charge in [-0.15, -0.1) is 0 Å². The molecule has 0 fully saturated rings. The summed E-state index contributed by atoms with van der Waals surface area (Å²) < 4.78 is 23.6. The number of benzene rings is 1. The molecule has 0 bridgehead atoms. The fourth-order valence-corrected chi connectivity index (χ4v) is 2.27. The number of aromatic nitrogens is 2. The lowest BCUT2D eigenvalue weighted by Crippen LogP contribution is -1.90. The van der Waals surface area contributed by atoms with Gasteiger partial charge in [-0.1, -0.05) is 11.6 Å². The molecule has 0 aliphatic heterocycles. The molecule has 4 nitrogen and oxygen atoms in total. The minimum atomic E-state index is -3.72. The Morgan fingerprint density at radius 1 is 1.40 bits per heavy atom. The molecule has 0 spiro atoms. The van der Waals surface area contributed by atoms with Crippen molar-refractivity contribution in [2.24, 2.45) is 7.05 Å². The molecule has 0 amide bonds. The maximum atomic E-state index is 11.1. The van der Waals surface area contributed by atoms with Crippen molar-refractivity contribution in [2.45, 2.75) is 4.90 Å². The highest BCUT2D eigenvalue weighted by molar-refractivity contribution is 8.13. The smallest absolute Gasteiger partial charge is 0.256 e. The number of rotatable bonds is 1. The molecule has 0 N–H and O–H groups in total. The molecular formula is C8H6Cl2N2O2S. The van der Waals surface area contributed by atoms with Crippen molar-refractivity contribution < 1.29 is 8.42 Å². The first-order chi connectivity index (χ1) is 6.89. The number of fused-ring (bicyclic) bond motifs is 1. The molecule has 0 radical (unpaired) electrons. The van der Waals surface area contributed by atoms with Gasteiger partial charge in [0.25, 0.3) is 9.05 Å². The Bertz CT molecular complexity index is 633. The second-order valence-corrected chi connectivity index (χ2v) is 5.96. The standard InChI is InChI=1S/C8H6Cl2N2O2S/c1-12-8(9)6-3-2-5(15(10,13)14)4-7(6)11-12/h2-4H,1H3. The Hall–Kier alpha value is -0.780. The molecule has 0 unspecified atom stereocenters. The minimum absolute atomic E-state index is 0.0198. The van der Waals surface area contributed by atoms with Crippen LogP contribution in [0, 0.1) is 0 Å². The summed E-state index contributed by atoms with van der Waals surface area (Å²) in [5, 5.41) is 5.21. The van der Waals surface area contributed by atoms with Gasteiger partial charge in [-0.3, -0.25) is 4.68 Å². The quantitative estimate of drug-likeness (QED) is 0.742. The van der Waals surface area contributed by atoms with Crippen LogP contribution in [0.1, 0.15) is 0 Å². The van der Waals surface area contributed by atoms with E-state index in [1.807, 2.05) is 0 Å². The van der Waals surface area contributed by atoms with Gasteiger partial charge < -0.3 is 0 Å².